The Balaban J connectivity index is 1.85. The topological polar surface area (TPSA) is 25.0 Å². The van der Waals surface area contributed by atoms with Gasteiger partial charge in [0.2, 0.25) is 0 Å². The normalized spacial score (nSPS) is 18.6. The van der Waals surface area contributed by atoms with Gasteiger partial charge in [0.15, 0.2) is 0 Å². The lowest BCUT2D eigenvalue weighted by Gasteiger charge is -2.42. The Morgan fingerprint density at radius 2 is 1.64 bits per heavy atom. The van der Waals surface area contributed by atoms with Crippen LogP contribution in [0.4, 0.5) is 0 Å². The maximum Gasteiger partial charge on any atom is 0.258 e. The van der Waals surface area contributed by atoms with E-state index in [9.17, 15) is 0 Å². The van der Waals surface area contributed by atoms with Gasteiger partial charge in [-0.3, -0.25) is 0 Å². The largest absolute Gasteiger partial charge is 0.546 e. The highest BCUT2D eigenvalue weighted by atomic mass is 28.4. The summed E-state index contributed by atoms with van der Waals surface area (Å²) in [6.45, 7) is 14.1. The number of benzene rings is 1. The third-order valence-electron chi connectivity index (χ3n) is 6.05. The molecular weight excluding hydrogens is 322 g/mol. The first-order valence-electron chi connectivity index (χ1n) is 9.82. The number of para-hydroxylation sites is 1. The zero-order valence-electron chi connectivity index (χ0n) is 16.6. The van der Waals surface area contributed by atoms with Crippen molar-refractivity contribution in [3.8, 4) is 0 Å². The van der Waals surface area contributed by atoms with Crippen LogP contribution in [0.15, 0.2) is 42.2 Å². The van der Waals surface area contributed by atoms with Gasteiger partial charge in [-0.05, 0) is 46.6 Å². The van der Waals surface area contributed by atoms with Crippen LogP contribution in [0.25, 0.3) is 10.9 Å². The van der Waals surface area contributed by atoms with Gasteiger partial charge in [0, 0.05) is 23.5 Å². The molecule has 1 aromatic heterocycles. The van der Waals surface area contributed by atoms with E-state index in [0.717, 1.165) is 12.8 Å². The molecule has 1 unspecified atom stereocenters. The monoisotopic (exact) mass is 355 g/mol. The Hall–Kier alpha value is -1.48. The van der Waals surface area contributed by atoms with Crippen molar-refractivity contribution >= 4 is 19.2 Å². The van der Waals surface area contributed by atoms with Crippen molar-refractivity contribution in [1.82, 2.24) is 4.98 Å². The molecule has 1 heterocycles. The number of aromatic nitrogens is 1. The van der Waals surface area contributed by atoms with E-state index in [0.29, 0.717) is 22.5 Å². The second kappa shape index (κ2) is 7.03. The van der Waals surface area contributed by atoms with E-state index in [1.54, 1.807) is 0 Å². The second-order valence-electron chi connectivity index (χ2n) is 8.51. The van der Waals surface area contributed by atoms with Gasteiger partial charge < -0.3 is 9.41 Å². The maximum absolute atomic E-state index is 6.90. The number of rotatable bonds is 6. The molecule has 1 aliphatic rings. The number of allylic oxidation sites excluding steroid dienone is 2. The van der Waals surface area contributed by atoms with Gasteiger partial charge in [0.1, 0.15) is 0 Å². The molecule has 1 N–H and O–H groups in total. The SMILES string of the molecule is CC(C)[Si](OC1=CC(c2cc3ccccc3[nH]2)CC1)(C(C)C)C(C)C. The van der Waals surface area contributed by atoms with Crippen molar-refractivity contribution in [3.63, 3.8) is 0 Å². The molecule has 0 saturated heterocycles. The van der Waals surface area contributed by atoms with Crippen LogP contribution in [0.5, 0.6) is 0 Å². The predicted molar refractivity (Wildman–Crippen MR) is 110 cm³/mol. The molecular formula is C22H33NOSi. The molecule has 3 rings (SSSR count). The number of H-pyrrole nitrogens is 1. The number of hydrogen-bond donors (Lipinski definition) is 1. The van der Waals surface area contributed by atoms with Crippen molar-refractivity contribution in [2.75, 3.05) is 0 Å². The smallest absolute Gasteiger partial charge is 0.258 e. The summed E-state index contributed by atoms with van der Waals surface area (Å²) in [5.41, 5.74) is 4.43. The third kappa shape index (κ3) is 3.31. The summed E-state index contributed by atoms with van der Waals surface area (Å²) in [6.07, 6.45) is 4.61. The Labute approximate surface area is 153 Å². The lowest BCUT2D eigenvalue weighted by molar-refractivity contribution is 0.361. The van der Waals surface area contributed by atoms with E-state index < -0.39 is 8.32 Å². The van der Waals surface area contributed by atoms with E-state index in [1.807, 2.05) is 0 Å². The molecule has 3 heteroatoms. The fourth-order valence-corrected chi connectivity index (χ4v) is 10.2. The van der Waals surface area contributed by atoms with Crippen LogP contribution in [0.1, 0.15) is 66.0 Å². The molecule has 2 nitrogen and oxygen atoms in total. The molecule has 25 heavy (non-hydrogen) atoms. The molecule has 0 saturated carbocycles. The minimum atomic E-state index is -1.83. The molecule has 0 fully saturated rings. The van der Waals surface area contributed by atoms with Crippen molar-refractivity contribution in [3.05, 3.63) is 47.9 Å². The fourth-order valence-electron chi connectivity index (χ4n) is 4.90. The summed E-state index contributed by atoms with van der Waals surface area (Å²) in [5.74, 6) is 1.70. The lowest BCUT2D eigenvalue weighted by atomic mass is 10.1. The van der Waals surface area contributed by atoms with E-state index in [4.69, 9.17) is 4.43 Å². The van der Waals surface area contributed by atoms with Crippen LogP contribution in [-0.2, 0) is 4.43 Å². The number of nitrogens with one attached hydrogen (secondary N) is 1. The van der Waals surface area contributed by atoms with Gasteiger partial charge in [-0.25, -0.2) is 0 Å². The van der Waals surface area contributed by atoms with Crippen molar-refractivity contribution in [2.24, 2.45) is 0 Å². The number of fused-ring (bicyclic) bond motifs is 1. The third-order valence-corrected chi connectivity index (χ3v) is 12.1. The first-order valence-corrected chi connectivity index (χ1v) is 12.0. The number of aromatic amines is 1. The average molecular weight is 356 g/mol. The van der Waals surface area contributed by atoms with Gasteiger partial charge >= 0.3 is 0 Å². The zero-order valence-corrected chi connectivity index (χ0v) is 17.6. The summed E-state index contributed by atoms with van der Waals surface area (Å²) < 4.78 is 6.90. The Morgan fingerprint density at radius 3 is 2.24 bits per heavy atom. The summed E-state index contributed by atoms with van der Waals surface area (Å²) in [7, 11) is -1.83. The minimum absolute atomic E-state index is 0.459. The summed E-state index contributed by atoms with van der Waals surface area (Å²) >= 11 is 0. The summed E-state index contributed by atoms with van der Waals surface area (Å²) in [5, 5.41) is 1.30. The standard InChI is InChI=1S/C22H33NOSi/c1-15(2)25(16(3)4,17(5)6)24-20-12-11-19(13-20)22-14-18-9-7-8-10-21(18)23-22/h7-10,13-17,19,23H,11-12H2,1-6H3. The van der Waals surface area contributed by atoms with Gasteiger partial charge in [0.05, 0.1) is 5.76 Å². The molecule has 1 aliphatic carbocycles. The van der Waals surface area contributed by atoms with Crippen molar-refractivity contribution < 1.29 is 4.43 Å². The highest BCUT2D eigenvalue weighted by Gasteiger charge is 2.47. The molecule has 1 aromatic carbocycles. The molecule has 0 spiro atoms. The van der Waals surface area contributed by atoms with Crippen LogP contribution in [0, 0.1) is 0 Å². The molecule has 136 valence electrons. The second-order valence-corrected chi connectivity index (χ2v) is 13.9. The van der Waals surface area contributed by atoms with Gasteiger partial charge in [-0.15, -0.1) is 0 Å². The Bertz CT molecular complexity index is 701. The predicted octanol–water partition coefficient (Wildman–Crippen LogP) is 7.12. The van der Waals surface area contributed by atoms with Crippen LogP contribution in [0.2, 0.25) is 16.6 Å². The molecule has 1 atom stereocenters. The maximum atomic E-state index is 6.90. The van der Waals surface area contributed by atoms with Crippen LogP contribution < -0.4 is 0 Å². The van der Waals surface area contributed by atoms with Crippen LogP contribution >= 0.6 is 0 Å². The summed E-state index contributed by atoms with van der Waals surface area (Å²) in [6, 6.07) is 10.8. The van der Waals surface area contributed by atoms with E-state index >= 15 is 0 Å². The molecule has 0 bridgehead atoms. The quantitative estimate of drug-likeness (QED) is 0.548. The van der Waals surface area contributed by atoms with E-state index in [-0.39, 0.29) is 0 Å². The lowest BCUT2D eigenvalue weighted by Crippen LogP contribution is -2.47. The van der Waals surface area contributed by atoms with E-state index in [2.05, 4.69) is 82.9 Å². The van der Waals surface area contributed by atoms with Gasteiger partial charge in [0.25, 0.3) is 8.32 Å². The van der Waals surface area contributed by atoms with Crippen LogP contribution in [-0.4, -0.2) is 13.3 Å². The zero-order chi connectivity index (χ0) is 18.2. The Morgan fingerprint density at radius 1 is 1.00 bits per heavy atom. The minimum Gasteiger partial charge on any atom is -0.546 e. The van der Waals surface area contributed by atoms with Gasteiger partial charge in [-0.2, -0.15) is 0 Å². The van der Waals surface area contributed by atoms with Gasteiger partial charge in [-0.1, -0.05) is 59.7 Å². The first kappa shape index (κ1) is 18.3. The highest BCUT2D eigenvalue weighted by Crippen LogP contribution is 2.46. The first-order chi connectivity index (χ1) is 11.8. The van der Waals surface area contributed by atoms with Crippen molar-refractivity contribution in [2.45, 2.75) is 76.9 Å². The molecule has 0 aliphatic heterocycles. The van der Waals surface area contributed by atoms with E-state index in [1.165, 1.54) is 22.4 Å². The number of hydrogen-bond acceptors (Lipinski definition) is 1. The Kier molecular flexibility index (Phi) is 5.15. The highest BCUT2D eigenvalue weighted by molar-refractivity contribution is 6.77. The van der Waals surface area contributed by atoms with Crippen LogP contribution in [0.3, 0.4) is 0 Å². The summed E-state index contributed by atoms with van der Waals surface area (Å²) in [4.78, 5) is 3.60. The molecule has 0 radical (unpaired) electrons. The average Bonchev–Trinajstić information content (AvgIpc) is 3.17. The molecule has 0 amide bonds. The van der Waals surface area contributed by atoms with Crippen molar-refractivity contribution in [1.29, 1.82) is 0 Å². The fraction of sp³-hybridized carbons (Fsp3) is 0.545. The molecule has 2 aromatic rings.